The molecule has 0 amide bonds. The monoisotopic (exact) mass is 400 g/mol. The number of nitrogens with zero attached hydrogens (tertiary/aromatic N) is 4. The second kappa shape index (κ2) is 6.99. The third kappa shape index (κ3) is 2.92. The summed E-state index contributed by atoms with van der Waals surface area (Å²) in [7, 11) is 0. The van der Waals surface area contributed by atoms with Crippen LogP contribution < -0.4 is 10.3 Å². The first-order valence-corrected chi connectivity index (χ1v) is 10.1. The van der Waals surface area contributed by atoms with Crippen LogP contribution in [0, 0.1) is 17.2 Å². The van der Waals surface area contributed by atoms with E-state index in [2.05, 4.69) is 16.0 Å². The van der Waals surface area contributed by atoms with E-state index >= 15 is 0 Å². The molecule has 5 rings (SSSR count). The molecule has 0 unspecified atom stereocenters. The first-order valence-electron chi connectivity index (χ1n) is 10.1. The van der Waals surface area contributed by atoms with E-state index in [-0.39, 0.29) is 10.9 Å². The zero-order valence-electron chi connectivity index (χ0n) is 16.3. The van der Waals surface area contributed by atoms with Crippen molar-refractivity contribution < 1.29 is 9.90 Å². The van der Waals surface area contributed by atoms with Crippen molar-refractivity contribution in [2.45, 2.75) is 38.9 Å². The predicted molar refractivity (Wildman–Crippen MR) is 111 cm³/mol. The average molecular weight is 400 g/mol. The quantitative estimate of drug-likeness (QED) is 0.721. The number of nitriles is 1. The summed E-state index contributed by atoms with van der Waals surface area (Å²) in [6, 6.07) is 9.54. The number of carboxylic acids is 1. The van der Waals surface area contributed by atoms with Crippen LogP contribution in [0.2, 0.25) is 0 Å². The highest BCUT2D eigenvalue weighted by Crippen LogP contribution is 2.34. The zero-order chi connectivity index (χ0) is 20.8. The van der Waals surface area contributed by atoms with Crippen molar-refractivity contribution in [3.63, 3.8) is 0 Å². The van der Waals surface area contributed by atoms with Crippen molar-refractivity contribution in [3.05, 3.63) is 69.3 Å². The van der Waals surface area contributed by atoms with E-state index < -0.39 is 11.4 Å². The lowest BCUT2D eigenvalue weighted by Crippen LogP contribution is -2.24. The number of benzene rings is 1. The van der Waals surface area contributed by atoms with Gasteiger partial charge >= 0.3 is 5.97 Å². The van der Waals surface area contributed by atoms with Crippen LogP contribution in [0.5, 0.6) is 0 Å². The first kappa shape index (κ1) is 18.4. The van der Waals surface area contributed by atoms with Crippen LogP contribution in [0.1, 0.15) is 46.4 Å². The van der Waals surface area contributed by atoms with Crippen LogP contribution >= 0.6 is 0 Å². The third-order valence-corrected chi connectivity index (χ3v) is 6.26. The summed E-state index contributed by atoms with van der Waals surface area (Å²) in [5.41, 5.74) is 3.09. The first-order chi connectivity index (χ1) is 14.5. The van der Waals surface area contributed by atoms with E-state index in [9.17, 15) is 20.0 Å². The molecule has 30 heavy (non-hydrogen) atoms. The van der Waals surface area contributed by atoms with E-state index in [1.807, 2.05) is 22.8 Å². The number of hydrogen-bond acceptors (Lipinski definition) is 5. The minimum absolute atomic E-state index is 0.253. The molecule has 1 saturated carbocycles. The second-order valence-electron chi connectivity index (χ2n) is 8.09. The molecular formula is C23H20N4O3. The maximum atomic E-state index is 12.8. The van der Waals surface area contributed by atoms with E-state index in [0.717, 1.165) is 29.8 Å². The molecule has 3 aromatic rings. The van der Waals surface area contributed by atoms with Gasteiger partial charge in [0.2, 0.25) is 5.43 Å². The van der Waals surface area contributed by atoms with Crippen molar-refractivity contribution in [1.29, 1.82) is 5.26 Å². The summed E-state index contributed by atoms with van der Waals surface area (Å²) in [4.78, 5) is 31.0. The van der Waals surface area contributed by atoms with Gasteiger partial charge in [-0.3, -0.25) is 9.78 Å². The highest BCUT2D eigenvalue weighted by molar-refractivity contribution is 5.94. The van der Waals surface area contributed by atoms with Gasteiger partial charge < -0.3 is 14.6 Å². The molecular weight excluding hydrogens is 380 g/mol. The number of aromatic nitrogens is 2. The number of pyridine rings is 2. The van der Waals surface area contributed by atoms with Gasteiger partial charge in [-0.15, -0.1) is 0 Å². The van der Waals surface area contributed by atoms with Crippen LogP contribution in [-0.4, -0.2) is 20.6 Å². The molecule has 7 heteroatoms. The van der Waals surface area contributed by atoms with Crippen molar-refractivity contribution in [3.8, 4) is 6.07 Å². The van der Waals surface area contributed by atoms with E-state index in [0.29, 0.717) is 36.6 Å². The van der Waals surface area contributed by atoms with Crippen LogP contribution in [0.25, 0.3) is 10.9 Å². The molecule has 1 aliphatic heterocycles. The molecule has 0 radical (unpaired) electrons. The molecule has 1 aromatic carbocycles. The zero-order valence-corrected chi connectivity index (χ0v) is 16.3. The minimum Gasteiger partial charge on any atom is -0.477 e. The highest BCUT2D eigenvalue weighted by Gasteiger charge is 2.25. The lowest BCUT2D eigenvalue weighted by atomic mass is 9.85. The number of carboxylic acid groups (broad SMARTS) is 1. The summed E-state index contributed by atoms with van der Waals surface area (Å²) in [6.45, 7) is 1.91. The number of rotatable bonds is 4. The second-order valence-corrected chi connectivity index (χ2v) is 8.09. The van der Waals surface area contributed by atoms with Crippen molar-refractivity contribution in [1.82, 2.24) is 9.55 Å². The Bertz CT molecular complexity index is 1260. The molecule has 0 atom stereocenters. The van der Waals surface area contributed by atoms with Crippen molar-refractivity contribution in [2.24, 2.45) is 5.92 Å². The highest BCUT2D eigenvalue weighted by atomic mass is 16.4. The normalized spacial score (nSPS) is 15.6. The average Bonchev–Trinajstić information content (AvgIpc) is 3.15. The van der Waals surface area contributed by atoms with E-state index in [4.69, 9.17) is 0 Å². The molecule has 0 bridgehead atoms. The Hall–Kier alpha value is -3.66. The number of hydrogen-bond donors (Lipinski definition) is 1. The fourth-order valence-corrected chi connectivity index (χ4v) is 4.40. The molecule has 1 N–H and O–H groups in total. The maximum Gasteiger partial charge on any atom is 0.341 e. The van der Waals surface area contributed by atoms with Gasteiger partial charge in [-0.25, -0.2) is 4.79 Å². The number of fused-ring (bicyclic) bond motifs is 2. The van der Waals surface area contributed by atoms with Crippen molar-refractivity contribution >= 4 is 22.6 Å². The van der Waals surface area contributed by atoms with Gasteiger partial charge in [0.1, 0.15) is 11.6 Å². The third-order valence-electron chi connectivity index (χ3n) is 6.26. The molecule has 0 saturated heterocycles. The summed E-state index contributed by atoms with van der Waals surface area (Å²) in [6.07, 6.45) is 6.61. The summed E-state index contributed by atoms with van der Waals surface area (Å²) in [5, 5.41) is 19.6. The maximum absolute atomic E-state index is 12.8. The predicted octanol–water partition coefficient (Wildman–Crippen LogP) is 3.29. The lowest BCUT2D eigenvalue weighted by Gasteiger charge is -2.28. The Labute approximate surface area is 172 Å². The minimum atomic E-state index is -1.24. The molecule has 1 aliphatic carbocycles. The molecule has 2 aromatic heterocycles. The Morgan fingerprint density at radius 2 is 2.13 bits per heavy atom. The summed E-state index contributed by atoms with van der Waals surface area (Å²) >= 11 is 0. The standard InChI is InChI=1S/C23H20N4O3/c24-9-16-7-17-21(8-20(16)27-11-15-5-2-6-25-19(15)13-27)26(10-14-3-1-4-14)12-18(22(17)28)23(29)30/h2,5-8,12,14H,1,3-4,10-11,13H2,(H,29,30). The van der Waals surface area contributed by atoms with Gasteiger partial charge in [0.05, 0.1) is 29.0 Å². The number of anilines is 1. The molecule has 7 nitrogen and oxygen atoms in total. The van der Waals surface area contributed by atoms with Gasteiger partial charge in [-0.2, -0.15) is 5.26 Å². The van der Waals surface area contributed by atoms with Gasteiger partial charge in [0.15, 0.2) is 0 Å². The van der Waals surface area contributed by atoms with Gasteiger partial charge in [-0.1, -0.05) is 12.5 Å². The summed E-state index contributed by atoms with van der Waals surface area (Å²) < 4.78 is 1.89. The number of aromatic carboxylic acids is 1. The molecule has 2 aliphatic rings. The summed E-state index contributed by atoms with van der Waals surface area (Å²) in [5.74, 6) is -0.760. The van der Waals surface area contributed by atoms with Crippen LogP contribution in [0.3, 0.4) is 0 Å². The Balaban J connectivity index is 1.68. The van der Waals surface area contributed by atoms with Gasteiger partial charge in [0.25, 0.3) is 0 Å². The van der Waals surface area contributed by atoms with Crippen LogP contribution in [-0.2, 0) is 19.6 Å². The Kier molecular flexibility index (Phi) is 4.28. The Morgan fingerprint density at radius 1 is 1.30 bits per heavy atom. The van der Waals surface area contributed by atoms with Crippen molar-refractivity contribution in [2.75, 3.05) is 4.90 Å². The van der Waals surface area contributed by atoms with Crippen LogP contribution in [0.15, 0.2) is 41.5 Å². The fourth-order valence-electron chi connectivity index (χ4n) is 4.40. The molecule has 0 spiro atoms. The topological polar surface area (TPSA) is 99.2 Å². The van der Waals surface area contributed by atoms with Gasteiger partial charge in [0, 0.05) is 30.9 Å². The Morgan fingerprint density at radius 3 is 2.80 bits per heavy atom. The largest absolute Gasteiger partial charge is 0.477 e. The van der Waals surface area contributed by atoms with E-state index in [1.165, 1.54) is 12.6 Å². The molecule has 150 valence electrons. The van der Waals surface area contributed by atoms with Crippen LogP contribution in [0.4, 0.5) is 5.69 Å². The van der Waals surface area contributed by atoms with E-state index in [1.54, 1.807) is 12.3 Å². The number of carbonyl (C=O) groups is 1. The smallest absolute Gasteiger partial charge is 0.341 e. The molecule has 1 fully saturated rings. The van der Waals surface area contributed by atoms with Gasteiger partial charge in [-0.05, 0) is 42.5 Å². The molecule has 3 heterocycles. The SMILES string of the molecule is N#Cc1cc2c(=O)c(C(=O)O)cn(CC3CCC3)c2cc1N1Cc2cccnc2C1. The lowest BCUT2D eigenvalue weighted by molar-refractivity contribution is 0.0694. The fraction of sp³-hybridized carbons (Fsp3) is 0.304.